The van der Waals surface area contributed by atoms with E-state index in [0.29, 0.717) is 17.3 Å². The highest BCUT2D eigenvalue weighted by molar-refractivity contribution is 6.04. The average Bonchev–Trinajstić information content (AvgIpc) is 2.74. The average molecular weight is 230 g/mol. The fourth-order valence-electron chi connectivity index (χ4n) is 1.62. The van der Waals surface area contributed by atoms with Crippen molar-refractivity contribution in [2.45, 2.75) is 20.3 Å². The summed E-state index contributed by atoms with van der Waals surface area (Å²) < 4.78 is 0. The van der Waals surface area contributed by atoms with Crippen molar-refractivity contribution < 1.29 is 4.79 Å². The first-order valence-electron chi connectivity index (χ1n) is 5.49. The summed E-state index contributed by atoms with van der Waals surface area (Å²) in [6.07, 6.45) is 0.816. The second kappa shape index (κ2) is 4.78. The molecule has 0 aliphatic rings. The van der Waals surface area contributed by atoms with Gasteiger partial charge in [-0.1, -0.05) is 25.1 Å². The molecule has 0 saturated carbocycles. The maximum absolute atomic E-state index is 12.0. The quantitative estimate of drug-likeness (QED) is 0.846. The molecule has 88 valence electrons. The predicted octanol–water partition coefficient (Wildman–Crippen LogP) is 1.93. The highest BCUT2D eigenvalue weighted by Crippen LogP contribution is 2.11. The van der Waals surface area contributed by atoms with Crippen LogP contribution in [0.15, 0.2) is 24.3 Å². The first kappa shape index (κ1) is 11.3. The number of nitrogens with zero attached hydrogens (tertiary/aromatic N) is 2. The lowest BCUT2D eigenvalue weighted by molar-refractivity contribution is 0.102. The third-order valence-electron chi connectivity index (χ3n) is 2.47. The van der Waals surface area contributed by atoms with Crippen molar-refractivity contribution in [3.63, 3.8) is 0 Å². The molecule has 1 amide bonds. The standard InChI is InChI=1S/C12H14N4O/c1-3-9-6-4-5-7-10(9)11(17)14-12-13-8(2)15-16-12/h4-7H,3H2,1-2H3,(H2,13,14,15,16,17). The van der Waals surface area contributed by atoms with E-state index >= 15 is 0 Å². The molecule has 2 rings (SSSR count). The maximum atomic E-state index is 12.0. The molecule has 1 aromatic carbocycles. The number of H-pyrrole nitrogens is 1. The van der Waals surface area contributed by atoms with Crippen molar-refractivity contribution >= 4 is 11.9 Å². The Morgan fingerprint density at radius 3 is 2.82 bits per heavy atom. The molecule has 2 N–H and O–H groups in total. The van der Waals surface area contributed by atoms with E-state index in [9.17, 15) is 4.79 Å². The molecule has 5 heteroatoms. The van der Waals surface area contributed by atoms with Gasteiger partial charge < -0.3 is 0 Å². The van der Waals surface area contributed by atoms with E-state index in [1.807, 2.05) is 25.1 Å². The predicted molar refractivity (Wildman–Crippen MR) is 64.9 cm³/mol. The molecule has 2 aromatic rings. The minimum Gasteiger partial charge on any atom is -0.289 e. The summed E-state index contributed by atoms with van der Waals surface area (Å²) >= 11 is 0. The first-order valence-corrected chi connectivity index (χ1v) is 5.49. The molecule has 0 saturated heterocycles. The van der Waals surface area contributed by atoms with E-state index in [1.54, 1.807) is 13.0 Å². The van der Waals surface area contributed by atoms with Gasteiger partial charge in [-0.25, -0.2) is 0 Å². The largest absolute Gasteiger partial charge is 0.289 e. The Hall–Kier alpha value is -2.17. The van der Waals surface area contributed by atoms with Crippen LogP contribution in [0.1, 0.15) is 28.7 Å². The van der Waals surface area contributed by atoms with Gasteiger partial charge in [0.1, 0.15) is 5.82 Å². The van der Waals surface area contributed by atoms with Crippen LogP contribution >= 0.6 is 0 Å². The maximum Gasteiger partial charge on any atom is 0.258 e. The molecule has 0 atom stereocenters. The summed E-state index contributed by atoms with van der Waals surface area (Å²) in [6.45, 7) is 3.80. The van der Waals surface area contributed by atoms with Crippen molar-refractivity contribution in [3.8, 4) is 0 Å². The van der Waals surface area contributed by atoms with Gasteiger partial charge in [0.25, 0.3) is 5.91 Å². The van der Waals surface area contributed by atoms with Gasteiger partial charge in [0.15, 0.2) is 0 Å². The number of carbonyl (C=O) groups is 1. The van der Waals surface area contributed by atoms with E-state index in [-0.39, 0.29) is 5.91 Å². The fraction of sp³-hybridized carbons (Fsp3) is 0.250. The van der Waals surface area contributed by atoms with E-state index in [4.69, 9.17) is 0 Å². The zero-order valence-corrected chi connectivity index (χ0v) is 9.82. The Bertz CT molecular complexity index is 533. The Balaban J connectivity index is 2.20. The Morgan fingerprint density at radius 2 is 2.18 bits per heavy atom. The smallest absolute Gasteiger partial charge is 0.258 e. The monoisotopic (exact) mass is 230 g/mol. The number of benzene rings is 1. The van der Waals surface area contributed by atoms with Gasteiger partial charge >= 0.3 is 0 Å². The second-order valence-electron chi connectivity index (χ2n) is 3.71. The van der Waals surface area contributed by atoms with Crippen LogP contribution in [0.25, 0.3) is 0 Å². The normalized spacial score (nSPS) is 10.2. The molecule has 0 unspecified atom stereocenters. The summed E-state index contributed by atoms with van der Waals surface area (Å²) in [4.78, 5) is 16.0. The van der Waals surface area contributed by atoms with Crippen LogP contribution in [0, 0.1) is 6.92 Å². The number of aromatic amines is 1. The highest BCUT2D eigenvalue weighted by Gasteiger charge is 2.11. The minimum absolute atomic E-state index is 0.179. The first-order chi connectivity index (χ1) is 8.20. The molecule has 0 fully saturated rings. The van der Waals surface area contributed by atoms with Gasteiger partial charge in [-0.05, 0) is 25.0 Å². The topological polar surface area (TPSA) is 70.7 Å². The van der Waals surface area contributed by atoms with E-state index in [2.05, 4.69) is 20.5 Å². The van der Waals surface area contributed by atoms with Crippen LogP contribution in [0.5, 0.6) is 0 Å². The van der Waals surface area contributed by atoms with Crippen LogP contribution in [0.2, 0.25) is 0 Å². The van der Waals surface area contributed by atoms with E-state index in [0.717, 1.165) is 12.0 Å². The number of hydrogen-bond acceptors (Lipinski definition) is 3. The number of nitrogens with one attached hydrogen (secondary N) is 2. The molecule has 1 heterocycles. The molecular weight excluding hydrogens is 216 g/mol. The number of anilines is 1. The molecule has 1 aromatic heterocycles. The second-order valence-corrected chi connectivity index (χ2v) is 3.71. The molecule has 0 aliphatic carbocycles. The van der Waals surface area contributed by atoms with Gasteiger partial charge in [-0.2, -0.15) is 4.98 Å². The molecule has 17 heavy (non-hydrogen) atoms. The summed E-state index contributed by atoms with van der Waals surface area (Å²) in [5.41, 5.74) is 1.68. The van der Waals surface area contributed by atoms with Crippen molar-refractivity contribution in [1.29, 1.82) is 0 Å². The third kappa shape index (κ3) is 2.50. The molecule has 0 spiro atoms. The third-order valence-corrected chi connectivity index (χ3v) is 2.47. The summed E-state index contributed by atoms with van der Waals surface area (Å²) in [5, 5.41) is 9.21. The Labute approximate surface area is 99.3 Å². The van der Waals surface area contributed by atoms with Gasteiger partial charge in [0.2, 0.25) is 5.95 Å². The number of hydrogen-bond donors (Lipinski definition) is 2. The number of carbonyl (C=O) groups excluding carboxylic acids is 1. The molecule has 0 bridgehead atoms. The lowest BCUT2D eigenvalue weighted by Crippen LogP contribution is -2.15. The van der Waals surface area contributed by atoms with Crippen molar-refractivity contribution in [2.75, 3.05) is 5.32 Å². The minimum atomic E-state index is -0.179. The fourth-order valence-corrected chi connectivity index (χ4v) is 1.62. The van der Waals surface area contributed by atoms with Gasteiger partial charge in [0, 0.05) is 5.56 Å². The van der Waals surface area contributed by atoms with Crippen LogP contribution in [-0.4, -0.2) is 21.1 Å². The summed E-state index contributed by atoms with van der Waals surface area (Å²) in [5.74, 6) is 0.795. The number of aryl methyl sites for hydroxylation is 2. The van der Waals surface area contributed by atoms with Gasteiger partial charge in [-0.3, -0.25) is 15.2 Å². The highest BCUT2D eigenvalue weighted by atomic mass is 16.1. The molecule has 0 radical (unpaired) electrons. The summed E-state index contributed by atoms with van der Waals surface area (Å²) in [7, 11) is 0. The van der Waals surface area contributed by atoms with Gasteiger partial charge in [-0.15, -0.1) is 5.10 Å². The SMILES string of the molecule is CCc1ccccc1C(=O)Nc1n[nH]c(C)n1. The summed E-state index contributed by atoms with van der Waals surface area (Å²) in [6, 6.07) is 7.51. The van der Waals surface area contributed by atoms with Crippen molar-refractivity contribution in [2.24, 2.45) is 0 Å². The number of amides is 1. The lowest BCUT2D eigenvalue weighted by Gasteiger charge is -2.05. The van der Waals surface area contributed by atoms with Crippen molar-refractivity contribution in [1.82, 2.24) is 15.2 Å². The van der Waals surface area contributed by atoms with Crippen LogP contribution in [0.3, 0.4) is 0 Å². The number of aromatic nitrogens is 3. The Morgan fingerprint density at radius 1 is 1.41 bits per heavy atom. The van der Waals surface area contributed by atoms with Gasteiger partial charge in [0.05, 0.1) is 0 Å². The van der Waals surface area contributed by atoms with Crippen molar-refractivity contribution in [3.05, 3.63) is 41.2 Å². The van der Waals surface area contributed by atoms with E-state index < -0.39 is 0 Å². The molecular formula is C12H14N4O. The number of rotatable bonds is 3. The van der Waals surface area contributed by atoms with Crippen LogP contribution in [-0.2, 0) is 6.42 Å². The van der Waals surface area contributed by atoms with E-state index in [1.165, 1.54) is 0 Å². The van der Waals surface area contributed by atoms with Crippen LogP contribution < -0.4 is 5.32 Å². The Kier molecular flexibility index (Phi) is 3.18. The zero-order chi connectivity index (χ0) is 12.3. The molecule has 5 nitrogen and oxygen atoms in total. The molecule has 0 aliphatic heterocycles. The lowest BCUT2D eigenvalue weighted by atomic mass is 10.1. The van der Waals surface area contributed by atoms with Crippen LogP contribution in [0.4, 0.5) is 5.95 Å². The zero-order valence-electron chi connectivity index (χ0n) is 9.82.